The minimum absolute atomic E-state index is 0.214. The van der Waals surface area contributed by atoms with Crippen LogP contribution in [0.4, 0.5) is 5.95 Å². The number of anilines is 1. The van der Waals surface area contributed by atoms with Gasteiger partial charge in [-0.25, -0.2) is 9.97 Å². The van der Waals surface area contributed by atoms with Crippen LogP contribution in [0.5, 0.6) is 0 Å². The van der Waals surface area contributed by atoms with Gasteiger partial charge in [-0.15, -0.1) is 0 Å². The maximum atomic E-state index is 5.84. The van der Waals surface area contributed by atoms with Crippen LogP contribution in [-0.4, -0.2) is 28.7 Å². The molecule has 1 aromatic rings. The number of rotatable bonds is 3. The molecular formula is C12H18ClN3O. The van der Waals surface area contributed by atoms with Crippen LogP contribution >= 0.6 is 11.6 Å². The Kier molecular flexibility index (Phi) is 4.18. The second kappa shape index (κ2) is 5.65. The van der Waals surface area contributed by atoms with Gasteiger partial charge in [-0.1, -0.05) is 25.4 Å². The molecule has 2 rings (SSSR count). The first kappa shape index (κ1) is 12.6. The second-order valence-corrected chi connectivity index (χ2v) is 5.06. The van der Waals surface area contributed by atoms with Crippen molar-refractivity contribution in [3.05, 3.63) is 17.4 Å². The zero-order valence-corrected chi connectivity index (χ0v) is 10.9. The number of hydrogen-bond acceptors (Lipinski definition) is 4. The standard InChI is InChI=1S/C12H18ClN3O/c1-8(2)11-9(4-3-7-17-11)15-12-14-6-5-10(13)16-12/h5-6,8-9,11H,3-4,7H2,1-2H3,(H,14,15,16)/t9-,11+/m1/s1. The molecule has 0 radical (unpaired) electrons. The van der Waals surface area contributed by atoms with E-state index in [9.17, 15) is 0 Å². The fraction of sp³-hybridized carbons (Fsp3) is 0.667. The fourth-order valence-electron chi connectivity index (χ4n) is 2.19. The summed E-state index contributed by atoms with van der Waals surface area (Å²) in [6.07, 6.45) is 4.03. The molecule has 1 fully saturated rings. The molecule has 0 saturated carbocycles. The van der Waals surface area contributed by atoms with Gasteiger partial charge in [0.15, 0.2) is 0 Å². The molecule has 17 heavy (non-hydrogen) atoms. The topological polar surface area (TPSA) is 47.0 Å². The summed E-state index contributed by atoms with van der Waals surface area (Å²) >= 11 is 5.84. The Bertz CT molecular complexity index is 373. The van der Waals surface area contributed by atoms with Crippen molar-refractivity contribution in [3.63, 3.8) is 0 Å². The highest BCUT2D eigenvalue weighted by Crippen LogP contribution is 2.23. The van der Waals surface area contributed by atoms with E-state index in [-0.39, 0.29) is 12.1 Å². The van der Waals surface area contributed by atoms with Crippen molar-refractivity contribution < 1.29 is 4.74 Å². The Labute approximate surface area is 107 Å². The lowest BCUT2D eigenvalue weighted by molar-refractivity contribution is -0.0204. The Morgan fingerprint density at radius 2 is 2.35 bits per heavy atom. The quantitative estimate of drug-likeness (QED) is 0.844. The smallest absolute Gasteiger partial charge is 0.224 e. The first-order valence-electron chi connectivity index (χ1n) is 6.03. The molecule has 1 aromatic heterocycles. The third-order valence-electron chi connectivity index (χ3n) is 2.96. The first-order valence-corrected chi connectivity index (χ1v) is 6.41. The maximum Gasteiger partial charge on any atom is 0.224 e. The van der Waals surface area contributed by atoms with Gasteiger partial charge in [0.2, 0.25) is 5.95 Å². The summed E-state index contributed by atoms with van der Waals surface area (Å²) in [7, 11) is 0. The Balaban J connectivity index is 2.05. The molecule has 0 spiro atoms. The molecule has 5 heteroatoms. The first-order chi connectivity index (χ1) is 8.16. The fourth-order valence-corrected chi connectivity index (χ4v) is 2.32. The molecule has 0 amide bonds. The molecule has 0 aromatic carbocycles. The zero-order chi connectivity index (χ0) is 12.3. The lowest BCUT2D eigenvalue weighted by atomic mass is 9.94. The monoisotopic (exact) mass is 255 g/mol. The van der Waals surface area contributed by atoms with Gasteiger partial charge in [-0.05, 0) is 24.8 Å². The van der Waals surface area contributed by atoms with E-state index in [1.807, 2.05) is 0 Å². The minimum atomic E-state index is 0.214. The predicted molar refractivity (Wildman–Crippen MR) is 68.3 cm³/mol. The molecule has 1 aliphatic rings. The highest BCUT2D eigenvalue weighted by atomic mass is 35.5. The number of nitrogens with one attached hydrogen (secondary N) is 1. The molecule has 2 heterocycles. The predicted octanol–water partition coefficient (Wildman–Crippen LogP) is 2.75. The van der Waals surface area contributed by atoms with Gasteiger partial charge in [0, 0.05) is 12.8 Å². The number of aromatic nitrogens is 2. The third-order valence-corrected chi connectivity index (χ3v) is 3.17. The average molecular weight is 256 g/mol. The van der Waals surface area contributed by atoms with Gasteiger partial charge in [0.25, 0.3) is 0 Å². The zero-order valence-electron chi connectivity index (χ0n) is 10.2. The van der Waals surface area contributed by atoms with Crippen molar-refractivity contribution in [1.82, 2.24) is 9.97 Å². The van der Waals surface area contributed by atoms with E-state index in [0.29, 0.717) is 17.0 Å². The van der Waals surface area contributed by atoms with Gasteiger partial charge >= 0.3 is 0 Å². The Morgan fingerprint density at radius 3 is 3.06 bits per heavy atom. The Morgan fingerprint density at radius 1 is 1.53 bits per heavy atom. The van der Waals surface area contributed by atoms with E-state index in [0.717, 1.165) is 19.4 Å². The molecule has 94 valence electrons. The van der Waals surface area contributed by atoms with Crippen LogP contribution in [0, 0.1) is 5.92 Å². The third kappa shape index (κ3) is 3.30. The van der Waals surface area contributed by atoms with Gasteiger partial charge < -0.3 is 10.1 Å². The molecule has 1 saturated heterocycles. The summed E-state index contributed by atoms with van der Waals surface area (Å²) in [6.45, 7) is 5.18. The van der Waals surface area contributed by atoms with E-state index in [1.165, 1.54) is 0 Å². The molecule has 0 aliphatic carbocycles. The molecule has 0 bridgehead atoms. The molecule has 4 nitrogen and oxygen atoms in total. The van der Waals surface area contributed by atoms with Crippen LogP contribution < -0.4 is 5.32 Å². The Hall–Kier alpha value is -0.870. The van der Waals surface area contributed by atoms with E-state index < -0.39 is 0 Å². The minimum Gasteiger partial charge on any atom is -0.376 e. The lowest BCUT2D eigenvalue weighted by Crippen LogP contribution is -2.43. The van der Waals surface area contributed by atoms with Crippen molar-refractivity contribution in [3.8, 4) is 0 Å². The molecule has 0 unspecified atom stereocenters. The van der Waals surface area contributed by atoms with Crippen molar-refractivity contribution in [2.75, 3.05) is 11.9 Å². The van der Waals surface area contributed by atoms with Crippen LogP contribution in [-0.2, 0) is 4.74 Å². The average Bonchev–Trinajstić information content (AvgIpc) is 2.29. The highest BCUT2D eigenvalue weighted by molar-refractivity contribution is 6.29. The summed E-state index contributed by atoms with van der Waals surface area (Å²) in [5, 5.41) is 3.78. The summed E-state index contributed by atoms with van der Waals surface area (Å²) in [6, 6.07) is 1.94. The lowest BCUT2D eigenvalue weighted by Gasteiger charge is -2.34. The van der Waals surface area contributed by atoms with Gasteiger partial charge in [0.1, 0.15) is 5.15 Å². The largest absolute Gasteiger partial charge is 0.376 e. The van der Waals surface area contributed by atoms with Crippen molar-refractivity contribution >= 4 is 17.5 Å². The van der Waals surface area contributed by atoms with Gasteiger partial charge in [-0.3, -0.25) is 0 Å². The summed E-state index contributed by atoms with van der Waals surface area (Å²) in [5.74, 6) is 1.06. The van der Waals surface area contributed by atoms with Crippen molar-refractivity contribution in [1.29, 1.82) is 0 Å². The molecular weight excluding hydrogens is 238 g/mol. The summed E-state index contributed by atoms with van der Waals surface area (Å²) in [5.41, 5.74) is 0. The van der Waals surface area contributed by atoms with Crippen LogP contribution in [0.1, 0.15) is 26.7 Å². The summed E-state index contributed by atoms with van der Waals surface area (Å²) < 4.78 is 5.80. The number of nitrogens with zero attached hydrogens (tertiary/aromatic N) is 2. The van der Waals surface area contributed by atoms with Gasteiger partial charge in [0.05, 0.1) is 12.1 Å². The van der Waals surface area contributed by atoms with Gasteiger partial charge in [-0.2, -0.15) is 0 Å². The van der Waals surface area contributed by atoms with E-state index >= 15 is 0 Å². The molecule has 1 N–H and O–H groups in total. The van der Waals surface area contributed by atoms with E-state index in [4.69, 9.17) is 16.3 Å². The SMILES string of the molecule is CC(C)[C@@H]1OCCC[C@H]1Nc1nccc(Cl)n1. The molecule has 1 aliphatic heterocycles. The van der Waals surface area contributed by atoms with Crippen LogP contribution in [0.15, 0.2) is 12.3 Å². The van der Waals surface area contributed by atoms with Crippen molar-refractivity contribution in [2.45, 2.75) is 38.8 Å². The van der Waals surface area contributed by atoms with Crippen molar-refractivity contribution in [2.24, 2.45) is 5.92 Å². The van der Waals surface area contributed by atoms with E-state index in [2.05, 4.69) is 29.1 Å². The van der Waals surface area contributed by atoms with Crippen LogP contribution in [0.25, 0.3) is 0 Å². The maximum absolute atomic E-state index is 5.84. The van der Waals surface area contributed by atoms with Crippen LogP contribution in [0.3, 0.4) is 0 Å². The number of halogens is 1. The highest BCUT2D eigenvalue weighted by Gasteiger charge is 2.28. The number of hydrogen-bond donors (Lipinski definition) is 1. The number of ether oxygens (including phenoxy) is 1. The molecule has 2 atom stereocenters. The van der Waals surface area contributed by atoms with E-state index in [1.54, 1.807) is 12.3 Å². The normalized spacial score (nSPS) is 24.9. The summed E-state index contributed by atoms with van der Waals surface area (Å²) in [4.78, 5) is 8.31. The second-order valence-electron chi connectivity index (χ2n) is 4.68. The van der Waals surface area contributed by atoms with Crippen LogP contribution in [0.2, 0.25) is 5.15 Å².